The van der Waals surface area contributed by atoms with Gasteiger partial charge in [0.05, 0.1) is 0 Å². The van der Waals surface area contributed by atoms with Gasteiger partial charge in [-0.2, -0.15) is 0 Å². The fourth-order valence-corrected chi connectivity index (χ4v) is 1.23. The highest BCUT2D eigenvalue weighted by molar-refractivity contribution is 5.79. The molecule has 0 saturated heterocycles. The standard InChI is InChI=1S/C6H10FNO2/c7-4-2-1-3-6(4,8)5(9)10/h4H,1-3,8H2,(H,9,10)/t4-,6+/m0/s1/i7-1. The van der Waals surface area contributed by atoms with Crippen molar-refractivity contribution < 1.29 is 14.3 Å². The number of rotatable bonds is 1. The Kier molecular flexibility index (Phi) is 1.64. The van der Waals surface area contributed by atoms with Crippen LogP contribution >= 0.6 is 0 Å². The summed E-state index contributed by atoms with van der Waals surface area (Å²) in [6.45, 7) is 0. The maximum atomic E-state index is 12.7. The van der Waals surface area contributed by atoms with Gasteiger partial charge in [-0.05, 0) is 19.3 Å². The lowest BCUT2D eigenvalue weighted by atomic mass is 9.98. The molecule has 0 aliphatic heterocycles. The number of carboxylic acids is 1. The lowest BCUT2D eigenvalue weighted by molar-refractivity contribution is -0.145. The van der Waals surface area contributed by atoms with Gasteiger partial charge in [-0.3, -0.25) is 4.79 Å². The first-order valence-corrected chi connectivity index (χ1v) is 3.24. The van der Waals surface area contributed by atoms with Crippen molar-refractivity contribution in [3.63, 3.8) is 0 Å². The summed E-state index contributed by atoms with van der Waals surface area (Å²) in [6, 6.07) is 0. The lowest BCUT2D eigenvalue weighted by Crippen LogP contribution is -2.52. The van der Waals surface area contributed by atoms with Gasteiger partial charge in [-0.1, -0.05) is 0 Å². The molecule has 0 amide bonds. The van der Waals surface area contributed by atoms with Crippen LogP contribution in [-0.2, 0) is 4.79 Å². The molecule has 1 fully saturated rings. The van der Waals surface area contributed by atoms with E-state index in [1.165, 1.54) is 0 Å². The van der Waals surface area contributed by atoms with Crippen LogP contribution in [-0.4, -0.2) is 22.8 Å². The van der Waals surface area contributed by atoms with Gasteiger partial charge >= 0.3 is 5.97 Å². The van der Waals surface area contributed by atoms with Crippen LogP contribution in [0.5, 0.6) is 0 Å². The molecule has 4 heteroatoms. The highest BCUT2D eigenvalue weighted by Gasteiger charge is 2.46. The van der Waals surface area contributed by atoms with Gasteiger partial charge < -0.3 is 10.8 Å². The summed E-state index contributed by atoms with van der Waals surface area (Å²) in [5.41, 5.74) is 3.67. The van der Waals surface area contributed by atoms with E-state index >= 15 is 0 Å². The third-order valence-electron chi connectivity index (χ3n) is 2.01. The van der Waals surface area contributed by atoms with Crippen molar-refractivity contribution in [1.29, 1.82) is 0 Å². The second-order valence-corrected chi connectivity index (χ2v) is 2.71. The van der Waals surface area contributed by atoms with Gasteiger partial charge in [-0.25, -0.2) is 4.39 Å². The first-order valence-electron chi connectivity index (χ1n) is 3.24. The van der Waals surface area contributed by atoms with Crippen LogP contribution in [0.15, 0.2) is 0 Å². The van der Waals surface area contributed by atoms with Gasteiger partial charge in [-0.15, -0.1) is 0 Å². The molecule has 1 aliphatic rings. The quantitative estimate of drug-likeness (QED) is 0.558. The average Bonchev–Trinajstić information content (AvgIpc) is 2.15. The molecule has 1 aliphatic carbocycles. The largest absolute Gasteiger partial charge is 0.480 e. The molecule has 1 saturated carbocycles. The number of hydrogen-bond acceptors (Lipinski definition) is 2. The van der Waals surface area contributed by atoms with Gasteiger partial charge in [0.25, 0.3) is 0 Å². The van der Waals surface area contributed by atoms with Gasteiger partial charge in [0.2, 0.25) is 0 Å². The summed E-state index contributed by atoms with van der Waals surface area (Å²) < 4.78 is 12.7. The normalized spacial score (nSPS) is 40.0. The minimum atomic E-state index is -1.60. The highest BCUT2D eigenvalue weighted by Crippen LogP contribution is 2.30. The van der Waals surface area contributed by atoms with E-state index in [9.17, 15) is 9.18 Å². The molecular weight excluding hydrogens is 136 g/mol. The lowest BCUT2D eigenvalue weighted by Gasteiger charge is -2.19. The van der Waals surface area contributed by atoms with Crippen LogP contribution < -0.4 is 5.73 Å². The van der Waals surface area contributed by atoms with E-state index in [4.69, 9.17) is 10.8 Å². The van der Waals surface area contributed by atoms with Crippen molar-refractivity contribution in [3.05, 3.63) is 0 Å². The molecule has 0 aromatic heterocycles. The second kappa shape index (κ2) is 2.20. The molecule has 0 spiro atoms. The molecule has 0 aromatic rings. The minimum absolute atomic E-state index is 0.253. The van der Waals surface area contributed by atoms with Crippen LogP contribution in [0, 0.1) is 0 Å². The first kappa shape index (κ1) is 7.47. The van der Waals surface area contributed by atoms with Gasteiger partial charge in [0.1, 0.15) is 11.7 Å². The predicted octanol–water partition coefficient (Wildman–Crippen LogP) is 0.290. The second-order valence-electron chi connectivity index (χ2n) is 2.71. The van der Waals surface area contributed by atoms with E-state index in [2.05, 4.69) is 0 Å². The van der Waals surface area contributed by atoms with Crippen LogP contribution in [0.2, 0.25) is 0 Å². The third kappa shape index (κ3) is 0.883. The maximum absolute atomic E-state index is 12.7. The summed E-state index contributed by atoms with van der Waals surface area (Å²) in [5, 5.41) is 8.48. The zero-order valence-electron chi connectivity index (χ0n) is 5.51. The van der Waals surface area contributed by atoms with E-state index in [-0.39, 0.29) is 12.8 Å². The van der Waals surface area contributed by atoms with Crippen LogP contribution in [0.4, 0.5) is 4.39 Å². The monoisotopic (exact) mass is 146 g/mol. The zero-order valence-corrected chi connectivity index (χ0v) is 5.51. The molecule has 3 nitrogen and oxygen atoms in total. The summed E-state index contributed by atoms with van der Waals surface area (Å²) in [5.74, 6) is -1.22. The average molecular weight is 146 g/mol. The Bertz CT molecular complexity index is 162. The smallest absolute Gasteiger partial charge is 0.326 e. The Morgan fingerprint density at radius 2 is 2.40 bits per heavy atom. The molecule has 0 radical (unpaired) electrons. The highest BCUT2D eigenvalue weighted by atomic mass is 18.2. The molecule has 0 heterocycles. The Balaban J connectivity index is 2.75. The number of hydrogen-bond donors (Lipinski definition) is 2. The van der Waals surface area contributed by atoms with Crippen molar-refractivity contribution >= 4 is 5.97 Å². The van der Waals surface area contributed by atoms with Crippen molar-refractivity contribution in [2.45, 2.75) is 31.0 Å². The Morgan fingerprint density at radius 3 is 2.60 bits per heavy atom. The molecule has 0 aromatic carbocycles. The number of halogens is 1. The molecule has 0 unspecified atom stereocenters. The van der Waals surface area contributed by atoms with Crippen LogP contribution in [0.25, 0.3) is 0 Å². The van der Waals surface area contributed by atoms with E-state index in [0.29, 0.717) is 6.42 Å². The fourth-order valence-electron chi connectivity index (χ4n) is 1.23. The molecule has 2 atom stereocenters. The van der Waals surface area contributed by atoms with Crippen molar-refractivity contribution in [2.75, 3.05) is 0 Å². The third-order valence-corrected chi connectivity index (χ3v) is 2.01. The first-order chi connectivity index (χ1) is 4.57. The fraction of sp³-hybridized carbons (Fsp3) is 0.833. The van der Waals surface area contributed by atoms with Crippen molar-refractivity contribution in [1.82, 2.24) is 0 Å². The van der Waals surface area contributed by atoms with E-state index in [0.717, 1.165) is 0 Å². The maximum Gasteiger partial charge on any atom is 0.326 e. The summed E-state index contributed by atoms with van der Waals surface area (Å²) in [7, 11) is 0. The van der Waals surface area contributed by atoms with Crippen molar-refractivity contribution in [3.8, 4) is 0 Å². The molecule has 3 N–H and O–H groups in total. The summed E-state index contributed by atoms with van der Waals surface area (Å²) in [6.07, 6.45) is -0.263. The number of aliphatic carboxylic acids is 1. The number of carbonyl (C=O) groups is 1. The van der Waals surface area contributed by atoms with E-state index in [1.54, 1.807) is 0 Å². The molecule has 10 heavy (non-hydrogen) atoms. The van der Waals surface area contributed by atoms with Crippen LogP contribution in [0.1, 0.15) is 19.3 Å². The Labute approximate surface area is 58.0 Å². The Morgan fingerprint density at radius 1 is 1.80 bits per heavy atom. The van der Waals surface area contributed by atoms with Crippen LogP contribution in [0.3, 0.4) is 0 Å². The molecule has 1 rings (SSSR count). The number of nitrogens with two attached hydrogens (primary N) is 1. The van der Waals surface area contributed by atoms with E-state index < -0.39 is 17.7 Å². The molecule has 58 valence electrons. The summed E-state index contributed by atoms with van der Waals surface area (Å²) >= 11 is 0. The topological polar surface area (TPSA) is 63.3 Å². The van der Waals surface area contributed by atoms with Crippen molar-refractivity contribution in [2.24, 2.45) is 5.73 Å². The predicted molar refractivity (Wildman–Crippen MR) is 33.3 cm³/mol. The van der Waals surface area contributed by atoms with Gasteiger partial charge in [0, 0.05) is 0 Å². The molecular formula is C6H10FNO2. The number of alkyl halides is 1. The Hall–Kier alpha value is -0.640. The summed E-state index contributed by atoms with van der Waals surface area (Å²) in [4.78, 5) is 10.4. The molecule has 0 bridgehead atoms. The SMILES string of the molecule is N[C@]1(C(=O)O)CCC[C@@H]1[18F]. The minimum Gasteiger partial charge on any atom is -0.480 e. The van der Waals surface area contributed by atoms with E-state index in [1.807, 2.05) is 0 Å². The number of carboxylic acid groups (broad SMARTS) is 1. The zero-order chi connectivity index (χ0) is 7.78. The van der Waals surface area contributed by atoms with Gasteiger partial charge in [0.15, 0.2) is 0 Å².